The molecular weight excluding hydrogens is 310 g/mol. The number of hydrogen-bond donors (Lipinski definition) is 1. The van der Waals surface area contributed by atoms with Crippen LogP contribution in [0.3, 0.4) is 0 Å². The van der Waals surface area contributed by atoms with Crippen LogP contribution in [0.5, 0.6) is 0 Å². The molecule has 0 unspecified atom stereocenters. The Morgan fingerprint density at radius 3 is 3.09 bits per heavy atom. The van der Waals surface area contributed by atoms with Crippen molar-refractivity contribution in [3.63, 3.8) is 0 Å². The first-order chi connectivity index (χ1) is 11.1. The lowest BCUT2D eigenvalue weighted by Gasteiger charge is -2.40. The van der Waals surface area contributed by atoms with E-state index in [4.69, 9.17) is 10.5 Å². The molecule has 1 saturated heterocycles. The Hall–Kier alpha value is -1.95. The van der Waals surface area contributed by atoms with Crippen LogP contribution in [0.25, 0.3) is 0 Å². The Morgan fingerprint density at radius 1 is 1.52 bits per heavy atom. The summed E-state index contributed by atoms with van der Waals surface area (Å²) in [6.45, 7) is 4.93. The minimum Gasteiger partial charge on any atom is -0.463 e. The molecule has 0 saturated carbocycles. The van der Waals surface area contributed by atoms with Gasteiger partial charge >= 0.3 is 5.97 Å². The first kappa shape index (κ1) is 15.9. The number of anilines is 1. The van der Waals surface area contributed by atoms with E-state index in [-0.39, 0.29) is 12.0 Å². The van der Waals surface area contributed by atoms with Gasteiger partial charge in [0.05, 0.1) is 23.9 Å². The van der Waals surface area contributed by atoms with Gasteiger partial charge in [-0.1, -0.05) is 23.9 Å². The number of rotatable bonds is 3. The van der Waals surface area contributed by atoms with E-state index in [9.17, 15) is 4.79 Å². The van der Waals surface area contributed by atoms with Crippen molar-refractivity contribution in [2.45, 2.75) is 26.3 Å². The van der Waals surface area contributed by atoms with Crippen LogP contribution in [-0.2, 0) is 9.53 Å². The number of carbonyl (C=O) groups excluding carboxylic acids is 1. The minimum absolute atomic E-state index is 0.183. The number of benzene rings is 1. The fraction of sp³-hybridized carbons (Fsp3) is 0.412. The standard InChI is InChI=1S/C17H21N3O2S/c1-3-22-16(21)14-11(2)19-17-20(8-5-9-23-17)15(14)12-6-4-7-13(18)10-12/h4,6-7,10,15H,3,5,8-9,18H2,1-2H3/t15-/m1/s1. The highest BCUT2D eigenvalue weighted by atomic mass is 32.2. The molecule has 6 heteroatoms. The average molecular weight is 331 g/mol. The van der Waals surface area contributed by atoms with Gasteiger partial charge in [0, 0.05) is 18.0 Å². The molecule has 0 amide bonds. The Morgan fingerprint density at radius 2 is 2.35 bits per heavy atom. The number of fused-ring (bicyclic) bond motifs is 1. The van der Waals surface area contributed by atoms with Crippen LogP contribution < -0.4 is 5.73 Å². The quantitative estimate of drug-likeness (QED) is 0.681. The van der Waals surface area contributed by atoms with Gasteiger partial charge in [-0.15, -0.1) is 0 Å². The number of nitrogen functional groups attached to an aromatic ring is 1. The number of nitrogens with two attached hydrogens (primary N) is 1. The monoisotopic (exact) mass is 331 g/mol. The fourth-order valence-corrected chi connectivity index (χ4v) is 4.03. The second-order valence-electron chi connectivity index (χ2n) is 5.58. The highest BCUT2D eigenvalue weighted by molar-refractivity contribution is 8.13. The lowest BCUT2D eigenvalue weighted by molar-refractivity contribution is -0.139. The van der Waals surface area contributed by atoms with Gasteiger partial charge in [0.1, 0.15) is 0 Å². The summed E-state index contributed by atoms with van der Waals surface area (Å²) in [5, 5.41) is 0.981. The van der Waals surface area contributed by atoms with Crippen molar-refractivity contribution in [1.82, 2.24) is 4.90 Å². The topological polar surface area (TPSA) is 67.9 Å². The van der Waals surface area contributed by atoms with E-state index in [1.807, 2.05) is 38.1 Å². The largest absolute Gasteiger partial charge is 0.463 e. The molecule has 3 rings (SSSR count). The number of carbonyl (C=O) groups is 1. The Balaban J connectivity index is 2.10. The number of allylic oxidation sites excluding steroid dienone is 1. The van der Waals surface area contributed by atoms with Crippen molar-refractivity contribution in [1.29, 1.82) is 0 Å². The zero-order chi connectivity index (χ0) is 16.4. The van der Waals surface area contributed by atoms with E-state index in [2.05, 4.69) is 9.89 Å². The number of amidine groups is 1. The molecule has 122 valence electrons. The molecule has 0 aromatic heterocycles. The van der Waals surface area contributed by atoms with Crippen LogP contribution in [-0.4, -0.2) is 34.9 Å². The lowest BCUT2D eigenvalue weighted by atomic mass is 9.94. The van der Waals surface area contributed by atoms with Gasteiger partial charge < -0.3 is 15.4 Å². The maximum atomic E-state index is 12.5. The lowest BCUT2D eigenvalue weighted by Crippen LogP contribution is -2.42. The predicted octanol–water partition coefficient (Wildman–Crippen LogP) is 2.96. The van der Waals surface area contributed by atoms with Crippen molar-refractivity contribution < 1.29 is 9.53 Å². The van der Waals surface area contributed by atoms with E-state index in [1.54, 1.807) is 11.8 Å². The number of hydrogen-bond acceptors (Lipinski definition) is 6. The summed E-state index contributed by atoms with van der Waals surface area (Å²) in [4.78, 5) is 19.4. The highest BCUT2D eigenvalue weighted by Gasteiger charge is 2.37. The molecule has 2 aliphatic heterocycles. The molecule has 5 nitrogen and oxygen atoms in total. The van der Waals surface area contributed by atoms with Gasteiger partial charge in [0.25, 0.3) is 0 Å². The second-order valence-corrected chi connectivity index (χ2v) is 6.64. The summed E-state index contributed by atoms with van der Waals surface area (Å²) in [5.41, 5.74) is 9.00. The summed E-state index contributed by atoms with van der Waals surface area (Å²) < 4.78 is 5.28. The molecular formula is C17H21N3O2S. The third kappa shape index (κ3) is 3.08. The van der Waals surface area contributed by atoms with E-state index >= 15 is 0 Å². The number of thioether (sulfide) groups is 1. The van der Waals surface area contributed by atoms with Gasteiger partial charge in [-0.25, -0.2) is 9.79 Å². The molecule has 2 N–H and O–H groups in total. The zero-order valence-electron chi connectivity index (χ0n) is 13.4. The van der Waals surface area contributed by atoms with Crippen LogP contribution in [0.1, 0.15) is 31.9 Å². The smallest absolute Gasteiger partial charge is 0.338 e. The minimum atomic E-state index is -0.296. The summed E-state index contributed by atoms with van der Waals surface area (Å²) in [7, 11) is 0. The SMILES string of the molecule is CCOC(=O)C1=C(C)N=C2SCCCN2[C@@H]1c1cccc(N)c1. The Kier molecular flexibility index (Phi) is 4.61. The average Bonchev–Trinajstić information content (AvgIpc) is 2.53. The van der Waals surface area contributed by atoms with Gasteiger partial charge in [-0.05, 0) is 38.0 Å². The van der Waals surface area contributed by atoms with Crippen molar-refractivity contribution in [2.24, 2.45) is 4.99 Å². The van der Waals surface area contributed by atoms with Gasteiger partial charge in [-0.2, -0.15) is 0 Å². The van der Waals surface area contributed by atoms with Crippen molar-refractivity contribution in [3.05, 3.63) is 41.1 Å². The van der Waals surface area contributed by atoms with Crippen LogP contribution in [0.15, 0.2) is 40.5 Å². The molecule has 1 fully saturated rings. The maximum Gasteiger partial charge on any atom is 0.338 e. The Bertz CT molecular complexity index is 684. The molecule has 1 atom stereocenters. The van der Waals surface area contributed by atoms with E-state index in [0.717, 1.165) is 35.1 Å². The Labute approximate surface area is 140 Å². The number of ether oxygens (including phenoxy) is 1. The van der Waals surface area contributed by atoms with Crippen LogP contribution in [0, 0.1) is 0 Å². The molecule has 2 aliphatic rings. The molecule has 0 spiro atoms. The summed E-state index contributed by atoms with van der Waals surface area (Å²) in [6, 6.07) is 7.53. The number of esters is 1. The molecule has 23 heavy (non-hydrogen) atoms. The van der Waals surface area contributed by atoms with Crippen LogP contribution >= 0.6 is 11.8 Å². The summed E-state index contributed by atoms with van der Waals surface area (Å²) >= 11 is 1.74. The first-order valence-corrected chi connectivity index (χ1v) is 8.82. The summed E-state index contributed by atoms with van der Waals surface area (Å²) in [6.07, 6.45) is 1.07. The maximum absolute atomic E-state index is 12.5. The van der Waals surface area contributed by atoms with Crippen molar-refractivity contribution in [3.8, 4) is 0 Å². The van der Waals surface area contributed by atoms with Crippen molar-refractivity contribution >= 4 is 28.6 Å². The van der Waals surface area contributed by atoms with Crippen LogP contribution in [0.4, 0.5) is 5.69 Å². The normalized spacial score (nSPS) is 20.9. The molecule has 0 aliphatic carbocycles. The van der Waals surface area contributed by atoms with E-state index in [1.165, 1.54) is 0 Å². The van der Waals surface area contributed by atoms with Gasteiger partial charge in [0.15, 0.2) is 5.17 Å². The third-order valence-electron chi connectivity index (χ3n) is 3.98. The molecule has 1 aromatic rings. The predicted molar refractivity (Wildman–Crippen MR) is 94.1 cm³/mol. The van der Waals surface area contributed by atoms with Gasteiger partial charge in [0.2, 0.25) is 0 Å². The highest BCUT2D eigenvalue weighted by Crippen LogP contribution is 2.40. The van der Waals surface area contributed by atoms with Crippen LogP contribution in [0.2, 0.25) is 0 Å². The first-order valence-electron chi connectivity index (χ1n) is 7.83. The van der Waals surface area contributed by atoms with E-state index < -0.39 is 0 Å². The number of aliphatic imine (C=N–C) groups is 1. The van der Waals surface area contributed by atoms with Crippen molar-refractivity contribution in [2.75, 3.05) is 24.6 Å². The molecule has 1 aromatic carbocycles. The third-order valence-corrected chi connectivity index (χ3v) is 5.06. The fourth-order valence-electron chi connectivity index (χ4n) is 3.01. The second kappa shape index (κ2) is 6.66. The molecule has 0 radical (unpaired) electrons. The van der Waals surface area contributed by atoms with E-state index in [0.29, 0.717) is 17.9 Å². The van der Waals surface area contributed by atoms with Gasteiger partial charge in [-0.3, -0.25) is 0 Å². The number of nitrogens with zero attached hydrogens (tertiary/aromatic N) is 2. The summed E-state index contributed by atoms with van der Waals surface area (Å²) in [5.74, 6) is 0.761. The molecule has 0 bridgehead atoms. The zero-order valence-corrected chi connectivity index (χ0v) is 14.2. The molecule has 2 heterocycles.